The Morgan fingerprint density at radius 3 is 2.91 bits per heavy atom. The summed E-state index contributed by atoms with van der Waals surface area (Å²) >= 11 is 1.18. The van der Waals surface area contributed by atoms with Gasteiger partial charge < -0.3 is 14.4 Å². The molecule has 122 valence electrons. The SMILES string of the molecule is CC1(C)CN(C(=O)c2csnn2)C[C@H](COc2ccccc2)O1. The van der Waals surface area contributed by atoms with Gasteiger partial charge in [-0.25, -0.2) is 0 Å². The molecule has 1 fully saturated rings. The molecule has 0 N–H and O–H groups in total. The maximum Gasteiger partial charge on any atom is 0.275 e. The highest BCUT2D eigenvalue weighted by molar-refractivity contribution is 7.03. The lowest BCUT2D eigenvalue weighted by Crippen LogP contribution is -2.56. The molecule has 3 rings (SSSR count). The van der Waals surface area contributed by atoms with E-state index in [1.165, 1.54) is 11.5 Å². The molecule has 0 bridgehead atoms. The van der Waals surface area contributed by atoms with E-state index in [0.717, 1.165) is 5.75 Å². The highest BCUT2D eigenvalue weighted by Gasteiger charge is 2.36. The van der Waals surface area contributed by atoms with Gasteiger partial charge in [0.05, 0.1) is 12.1 Å². The van der Waals surface area contributed by atoms with E-state index in [4.69, 9.17) is 9.47 Å². The van der Waals surface area contributed by atoms with Gasteiger partial charge in [-0.1, -0.05) is 22.7 Å². The van der Waals surface area contributed by atoms with E-state index >= 15 is 0 Å². The highest BCUT2D eigenvalue weighted by atomic mass is 32.1. The van der Waals surface area contributed by atoms with Crippen molar-refractivity contribution in [1.29, 1.82) is 0 Å². The Labute approximate surface area is 139 Å². The number of hydrogen-bond acceptors (Lipinski definition) is 6. The molecule has 0 aliphatic carbocycles. The Hall–Kier alpha value is -1.99. The van der Waals surface area contributed by atoms with E-state index in [2.05, 4.69) is 9.59 Å². The van der Waals surface area contributed by atoms with Gasteiger partial charge in [0.2, 0.25) is 0 Å². The van der Waals surface area contributed by atoms with Crippen LogP contribution in [0.4, 0.5) is 0 Å². The van der Waals surface area contributed by atoms with E-state index in [1.807, 2.05) is 44.2 Å². The zero-order valence-corrected chi connectivity index (χ0v) is 14.0. The molecule has 0 radical (unpaired) electrons. The Kier molecular flexibility index (Phi) is 4.58. The number of hydrogen-bond donors (Lipinski definition) is 0. The van der Waals surface area contributed by atoms with Crippen LogP contribution in [0, 0.1) is 0 Å². The van der Waals surface area contributed by atoms with Crippen molar-refractivity contribution >= 4 is 17.4 Å². The van der Waals surface area contributed by atoms with Crippen LogP contribution in [0.25, 0.3) is 0 Å². The van der Waals surface area contributed by atoms with E-state index in [0.29, 0.717) is 25.4 Å². The largest absolute Gasteiger partial charge is 0.491 e. The minimum Gasteiger partial charge on any atom is -0.491 e. The van der Waals surface area contributed by atoms with Gasteiger partial charge in [0, 0.05) is 11.9 Å². The first-order chi connectivity index (χ1) is 11.0. The summed E-state index contributed by atoms with van der Waals surface area (Å²) in [5.74, 6) is 0.681. The van der Waals surface area contributed by atoms with Crippen molar-refractivity contribution in [1.82, 2.24) is 14.5 Å². The van der Waals surface area contributed by atoms with Gasteiger partial charge >= 0.3 is 0 Å². The second-order valence-corrected chi connectivity index (χ2v) is 6.71. The minimum atomic E-state index is -0.428. The van der Waals surface area contributed by atoms with Crippen LogP contribution in [0.3, 0.4) is 0 Å². The molecular weight excluding hydrogens is 314 g/mol. The van der Waals surface area contributed by atoms with Crippen molar-refractivity contribution in [3.8, 4) is 5.75 Å². The van der Waals surface area contributed by atoms with E-state index < -0.39 is 5.60 Å². The summed E-state index contributed by atoms with van der Waals surface area (Å²) in [6.07, 6.45) is -0.186. The monoisotopic (exact) mass is 333 g/mol. The summed E-state index contributed by atoms with van der Waals surface area (Å²) in [5.41, 5.74) is -0.0438. The average molecular weight is 333 g/mol. The Balaban J connectivity index is 1.65. The van der Waals surface area contributed by atoms with E-state index in [1.54, 1.807) is 10.3 Å². The van der Waals surface area contributed by atoms with Crippen molar-refractivity contribution < 1.29 is 14.3 Å². The van der Waals surface area contributed by atoms with Crippen molar-refractivity contribution in [2.75, 3.05) is 19.7 Å². The fourth-order valence-electron chi connectivity index (χ4n) is 2.66. The second kappa shape index (κ2) is 6.64. The summed E-state index contributed by atoms with van der Waals surface area (Å²) in [6, 6.07) is 9.59. The number of benzene rings is 1. The molecular formula is C16H19N3O3S. The number of para-hydroxylation sites is 1. The predicted octanol–water partition coefficient (Wildman–Crippen LogP) is 2.24. The number of ether oxygens (including phenoxy) is 2. The Morgan fingerprint density at radius 2 is 2.22 bits per heavy atom. The number of amides is 1. The standard InChI is InChI=1S/C16H19N3O3S/c1-16(2)11-19(15(20)14-10-23-18-17-14)8-13(22-16)9-21-12-6-4-3-5-7-12/h3-7,10,13H,8-9,11H2,1-2H3/t13-/m1/s1. The molecule has 1 saturated heterocycles. The maximum atomic E-state index is 12.5. The van der Waals surface area contributed by atoms with Crippen LogP contribution in [-0.2, 0) is 4.74 Å². The van der Waals surface area contributed by atoms with E-state index in [-0.39, 0.29) is 12.0 Å². The van der Waals surface area contributed by atoms with Crippen LogP contribution < -0.4 is 4.74 Å². The zero-order valence-electron chi connectivity index (χ0n) is 13.1. The molecule has 1 aliphatic heterocycles. The number of nitrogens with zero attached hydrogens (tertiary/aromatic N) is 3. The van der Waals surface area contributed by atoms with Gasteiger partial charge in [-0.3, -0.25) is 4.79 Å². The molecule has 1 aromatic carbocycles. The third-order valence-corrected chi connectivity index (χ3v) is 4.03. The molecule has 1 amide bonds. The summed E-state index contributed by atoms with van der Waals surface area (Å²) in [7, 11) is 0. The van der Waals surface area contributed by atoms with Crippen molar-refractivity contribution in [3.63, 3.8) is 0 Å². The molecule has 23 heavy (non-hydrogen) atoms. The zero-order chi connectivity index (χ0) is 16.3. The normalized spacial score (nSPS) is 20.3. The van der Waals surface area contributed by atoms with Crippen molar-refractivity contribution in [2.45, 2.75) is 25.6 Å². The minimum absolute atomic E-state index is 0.111. The highest BCUT2D eigenvalue weighted by Crippen LogP contribution is 2.23. The Morgan fingerprint density at radius 1 is 1.43 bits per heavy atom. The van der Waals surface area contributed by atoms with Crippen molar-refractivity contribution in [2.24, 2.45) is 0 Å². The first kappa shape index (κ1) is 15.9. The molecule has 6 nitrogen and oxygen atoms in total. The van der Waals surface area contributed by atoms with Gasteiger partial charge in [-0.15, -0.1) is 5.10 Å². The van der Waals surface area contributed by atoms with Crippen LogP contribution in [0.5, 0.6) is 5.75 Å². The molecule has 2 aromatic rings. The van der Waals surface area contributed by atoms with E-state index in [9.17, 15) is 4.79 Å². The molecule has 0 saturated carbocycles. The maximum absolute atomic E-state index is 12.5. The third-order valence-electron chi connectivity index (χ3n) is 3.53. The summed E-state index contributed by atoms with van der Waals surface area (Å²) in [4.78, 5) is 14.3. The number of rotatable bonds is 4. The average Bonchev–Trinajstić information content (AvgIpc) is 3.06. The van der Waals surface area contributed by atoms with Gasteiger partial charge in [0.25, 0.3) is 5.91 Å². The number of morpholine rings is 1. The lowest BCUT2D eigenvalue weighted by molar-refractivity contribution is -0.136. The van der Waals surface area contributed by atoms with Crippen LogP contribution >= 0.6 is 11.5 Å². The first-order valence-corrected chi connectivity index (χ1v) is 8.29. The number of carbonyl (C=O) groups excluding carboxylic acids is 1. The van der Waals surface area contributed by atoms with Crippen molar-refractivity contribution in [3.05, 3.63) is 41.4 Å². The van der Waals surface area contributed by atoms with Crippen LogP contribution in [0.2, 0.25) is 0 Å². The molecule has 1 aliphatic rings. The third kappa shape index (κ3) is 4.05. The number of aromatic nitrogens is 2. The smallest absolute Gasteiger partial charge is 0.275 e. The van der Waals surface area contributed by atoms with Gasteiger partial charge in [-0.05, 0) is 37.5 Å². The van der Waals surface area contributed by atoms with Gasteiger partial charge in [0.1, 0.15) is 18.5 Å². The summed E-state index contributed by atoms with van der Waals surface area (Å²) in [6.45, 7) is 5.34. The topological polar surface area (TPSA) is 64.6 Å². The Bertz CT molecular complexity index is 646. The lowest BCUT2D eigenvalue weighted by atomic mass is 10.0. The predicted molar refractivity (Wildman–Crippen MR) is 86.7 cm³/mol. The first-order valence-electron chi connectivity index (χ1n) is 7.45. The quantitative estimate of drug-likeness (QED) is 0.858. The van der Waals surface area contributed by atoms with Crippen LogP contribution in [0.15, 0.2) is 35.7 Å². The molecule has 2 heterocycles. The molecule has 7 heteroatoms. The summed E-state index contributed by atoms with van der Waals surface area (Å²) in [5, 5.41) is 5.53. The fraction of sp³-hybridized carbons (Fsp3) is 0.438. The molecule has 1 atom stereocenters. The van der Waals surface area contributed by atoms with Gasteiger partial charge in [0.15, 0.2) is 5.69 Å². The van der Waals surface area contributed by atoms with Crippen LogP contribution in [0.1, 0.15) is 24.3 Å². The molecule has 1 aromatic heterocycles. The van der Waals surface area contributed by atoms with Gasteiger partial charge in [-0.2, -0.15) is 0 Å². The fourth-order valence-corrected chi connectivity index (χ4v) is 3.09. The lowest BCUT2D eigenvalue weighted by Gasteiger charge is -2.42. The summed E-state index contributed by atoms with van der Waals surface area (Å²) < 4.78 is 15.6. The van der Waals surface area contributed by atoms with Crippen LogP contribution in [-0.4, -0.2) is 51.8 Å². The molecule has 0 spiro atoms. The number of carbonyl (C=O) groups is 1. The molecule has 0 unspecified atom stereocenters. The second-order valence-electron chi connectivity index (χ2n) is 6.10.